The van der Waals surface area contributed by atoms with Gasteiger partial charge in [0.25, 0.3) is 5.60 Å². The van der Waals surface area contributed by atoms with Crippen LogP contribution in [0.25, 0.3) is 11.1 Å². The Labute approximate surface area is 188 Å². The van der Waals surface area contributed by atoms with E-state index in [1.807, 2.05) is 0 Å². The fourth-order valence-corrected chi connectivity index (χ4v) is 3.22. The normalized spacial score (nSPS) is 12.5. The summed E-state index contributed by atoms with van der Waals surface area (Å²) in [6.07, 6.45) is -12.2. The molecular weight excluding hydrogens is 469 g/mol. The zero-order valence-electron chi connectivity index (χ0n) is 17.1. The first kappa shape index (κ1) is 25.0. The molecule has 4 nitrogen and oxygen atoms in total. The third-order valence-electron chi connectivity index (χ3n) is 5.03. The molecule has 11 heteroatoms. The number of carbonyl (C=O) groups is 1. The average molecular weight is 486 g/mol. The van der Waals surface area contributed by atoms with Gasteiger partial charge in [-0.05, 0) is 41.5 Å². The number of halogens is 7. The van der Waals surface area contributed by atoms with Gasteiger partial charge in [0.2, 0.25) is 5.91 Å². The molecule has 0 heterocycles. The Balaban J connectivity index is 1.79. The summed E-state index contributed by atoms with van der Waals surface area (Å²) in [5.74, 6) is -1.75. The number of aliphatic hydroxyl groups is 1. The Morgan fingerprint density at radius 1 is 0.853 bits per heavy atom. The van der Waals surface area contributed by atoms with E-state index >= 15 is 0 Å². The maximum Gasteiger partial charge on any atom is 0.430 e. The zero-order valence-corrected chi connectivity index (χ0v) is 17.1. The van der Waals surface area contributed by atoms with Crippen molar-refractivity contribution < 1.29 is 40.6 Å². The largest absolute Gasteiger partial charge is 0.430 e. The van der Waals surface area contributed by atoms with Crippen LogP contribution in [0.3, 0.4) is 0 Å². The SMILES string of the molecule is Nc1ccc(CC(=O)Nc2ccc(-c3ccc(C(O)(C(F)(F)F)C(F)(F)F)cc3F)cc2)cc1. The number of nitrogens with one attached hydrogen (secondary N) is 1. The molecule has 0 unspecified atom stereocenters. The molecule has 4 N–H and O–H groups in total. The van der Waals surface area contributed by atoms with Gasteiger partial charge in [-0.25, -0.2) is 4.39 Å². The topological polar surface area (TPSA) is 75.4 Å². The van der Waals surface area contributed by atoms with Crippen molar-refractivity contribution in [3.8, 4) is 11.1 Å². The van der Waals surface area contributed by atoms with Gasteiger partial charge in [0.05, 0.1) is 6.42 Å². The summed E-state index contributed by atoms with van der Waals surface area (Å²) < 4.78 is 92.6. The van der Waals surface area contributed by atoms with Crippen LogP contribution in [0.5, 0.6) is 0 Å². The van der Waals surface area contributed by atoms with E-state index in [1.54, 1.807) is 24.3 Å². The Hall–Kier alpha value is -3.60. The van der Waals surface area contributed by atoms with E-state index in [9.17, 15) is 40.6 Å². The fourth-order valence-electron chi connectivity index (χ4n) is 3.22. The third kappa shape index (κ3) is 4.98. The summed E-state index contributed by atoms with van der Waals surface area (Å²) in [4.78, 5) is 12.2. The molecule has 1 amide bonds. The first-order valence-electron chi connectivity index (χ1n) is 9.63. The van der Waals surface area contributed by atoms with Crippen molar-refractivity contribution >= 4 is 17.3 Å². The van der Waals surface area contributed by atoms with E-state index in [1.165, 1.54) is 24.3 Å². The van der Waals surface area contributed by atoms with Crippen molar-refractivity contribution in [2.45, 2.75) is 24.4 Å². The second-order valence-electron chi connectivity index (χ2n) is 7.44. The lowest BCUT2D eigenvalue weighted by atomic mass is 9.90. The predicted octanol–water partition coefficient (Wildman–Crippen LogP) is 5.57. The van der Waals surface area contributed by atoms with Gasteiger partial charge in [-0.1, -0.05) is 36.4 Å². The van der Waals surface area contributed by atoms with Crippen LogP contribution in [0.1, 0.15) is 11.1 Å². The fraction of sp³-hybridized carbons (Fsp3) is 0.174. The number of anilines is 2. The maximum absolute atomic E-state index is 14.5. The van der Waals surface area contributed by atoms with E-state index in [4.69, 9.17) is 5.73 Å². The van der Waals surface area contributed by atoms with Gasteiger partial charge in [0.1, 0.15) is 5.82 Å². The van der Waals surface area contributed by atoms with E-state index in [2.05, 4.69) is 5.32 Å². The Morgan fingerprint density at radius 3 is 1.91 bits per heavy atom. The minimum atomic E-state index is -6.12. The van der Waals surface area contributed by atoms with Crippen LogP contribution in [-0.4, -0.2) is 23.4 Å². The molecule has 3 rings (SSSR count). The third-order valence-corrected chi connectivity index (χ3v) is 5.03. The molecule has 0 atom stereocenters. The highest BCUT2D eigenvalue weighted by molar-refractivity contribution is 5.92. The first-order valence-corrected chi connectivity index (χ1v) is 9.63. The van der Waals surface area contributed by atoms with Crippen LogP contribution >= 0.6 is 0 Å². The minimum Gasteiger partial charge on any atom is -0.399 e. The molecular formula is C23H17F7N2O2. The molecule has 0 aromatic heterocycles. The van der Waals surface area contributed by atoms with Crippen LogP contribution in [0, 0.1) is 5.82 Å². The molecule has 0 radical (unpaired) electrons. The summed E-state index contributed by atoms with van der Waals surface area (Å²) in [5, 5.41) is 12.0. The highest BCUT2D eigenvalue weighted by Crippen LogP contribution is 2.50. The number of benzene rings is 3. The minimum absolute atomic E-state index is 0.00137. The van der Waals surface area contributed by atoms with Crippen LogP contribution < -0.4 is 11.1 Å². The molecule has 0 spiro atoms. The molecule has 0 saturated carbocycles. The lowest BCUT2D eigenvalue weighted by Gasteiger charge is -2.32. The number of amides is 1. The van der Waals surface area contributed by atoms with E-state index in [0.717, 1.165) is 0 Å². The zero-order chi connectivity index (χ0) is 25.3. The lowest BCUT2D eigenvalue weighted by Crippen LogP contribution is -2.53. The number of nitrogens with two attached hydrogens (primary N) is 1. The van der Waals surface area contributed by atoms with Crippen LogP contribution in [0.2, 0.25) is 0 Å². The van der Waals surface area contributed by atoms with Crippen molar-refractivity contribution in [3.63, 3.8) is 0 Å². The number of hydrogen-bond donors (Lipinski definition) is 3. The molecule has 3 aromatic rings. The quantitative estimate of drug-likeness (QED) is 0.326. The van der Waals surface area contributed by atoms with Crippen LogP contribution in [-0.2, 0) is 16.8 Å². The molecule has 0 aliphatic rings. The summed E-state index contributed by atoms with van der Waals surface area (Å²) >= 11 is 0. The summed E-state index contributed by atoms with van der Waals surface area (Å²) in [7, 11) is 0. The first-order chi connectivity index (χ1) is 15.7. The molecule has 3 aromatic carbocycles. The molecule has 34 heavy (non-hydrogen) atoms. The second-order valence-corrected chi connectivity index (χ2v) is 7.44. The summed E-state index contributed by atoms with van der Waals surface area (Å²) in [6.45, 7) is 0. The van der Waals surface area contributed by atoms with Gasteiger partial charge in [0, 0.05) is 22.5 Å². The number of hydrogen-bond acceptors (Lipinski definition) is 3. The van der Waals surface area contributed by atoms with Crippen LogP contribution in [0.4, 0.5) is 42.1 Å². The molecule has 180 valence electrons. The molecule has 0 saturated heterocycles. The van der Waals surface area contributed by atoms with Crippen molar-refractivity contribution in [1.82, 2.24) is 0 Å². The standard InChI is InChI=1S/C23H17F7N2O2/c24-19-12-15(21(34,22(25,26)27)23(28,29)30)5-10-18(19)14-3-8-17(9-4-14)32-20(33)11-13-1-6-16(31)7-2-13/h1-10,12,34H,11,31H2,(H,32,33). The van der Waals surface area contributed by atoms with E-state index in [-0.39, 0.29) is 29.5 Å². The number of carbonyl (C=O) groups excluding carboxylic acids is 1. The van der Waals surface area contributed by atoms with E-state index in [0.29, 0.717) is 29.1 Å². The Morgan fingerprint density at radius 2 is 1.41 bits per heavy atom. The van der Waals surface area contributed by atoms with Gasteiger partial charge < -0.3 is 16.2 Å². The highest BCUT2D eigenvalue weighted by atomic mass is 19.4. The number of alkyl halides is 6. The van der Waals surface area contributed by atoms with Gasteiger partial charge in [-0.15, -0.1) is 0 Å². The monoisotopic (exact) mass is 486 g/mol. The van der Waals surface area contributed by atoms with Crippen LogP contribution in [0.15, 0.2) is 66.7 Å². The Bertz CT molecular complexity index is 1160. The molecule has 0 fully saturated rings. The molecule has 0 aliphatic heterocycles. The van der Waals surface area contributed by atoms with Crippen molar-refractivity contribution in [2.75, 3.05) is 11.1 Å². The van der Waals surface area contributed by atoms with Gasteiger partial charge in [-0.2, -0.15) is 26.3 Å². The summed E-state index contributed by atoms with van der Waals surface area (Å²) in [6, 6.07) is 13.2. The van der Waals surface area contributed by atoms with E-state index < -0.39 is 29.3 Å². The number of rotatable bonds is 5. The highest BCUT2D eigenvalue weighted by Gasteiger charge is 2.71. The molecule has 0 bridgehead atoms. The second kappa shape index (κ2) is 8.98. The average Bonchev–Trinajstić information content (AvgIpc) is 2.74. The smallest absolute Gasteiger partial charge is 0.399 e. The maximum atomic E-state index is 14.5. The predicted molar refractivity (Wildman–Crippen MR) is 111 cm³/mol. The van der Waals surface area contributed by atoms with Crippen molar-refractivity contribution in [2.24, 2.45) is 0 Å². The summed E-state index contributed by atoms with van der Waals surface area (Å²) in [5.41, 5.74) is 0.0871. The molecule has 0 aliphatic carbocycles. The lowest BCUT2D eigenvalue weighted by molar-refractivity contribution is -0.376. The van der Waals surface area contributed by atoms with Crippen molar-refractivity contribution in [1.29, 1.82) is 0 Å². The van der Waals surface area contributed by atoms with Gasteiger partial charge in [0.15, 0.2) is 0 Å². The Kier molecular flexibility index (Phi) is 6.61. The van der Waals surface area contributed by atoms with Crippen molar-refractivity contribution in [3.05, 3.63) is 83.7 Å². The number of nitrogen functional groups attached to an aromatic ring is 1. The van der Waals surface area contributed by atoms with Gasteiger partial charge >= 0.3 is 12.4 Å². The van der Waals surface area contributed by atoms with Gasteiger partial charge in [-0.3, -0.25) is 4.79 Å².